The van der Waals surface area contributed by atoms with Crippen LogP contribution < -0.4 is 0 Å². The van der Waals surface area contributed by atoms with E-state index in [1.807, 2.05) is 24.3 Å². The zero-order valence-corrected chi connectivity index (χ0v) is 11.7. The van der Waals surface area contributed by atoms with Gasteiger partial charge in [-0.15, -0.1) is 17.3 Å². The second kappa shape index (κ2) is 6.47. The highest BCUT2D eigenvalue weighted by Gasteiger charge is 2.11. The summed E-state index contributed by atoms with van der Waals surface area (Å²) < 4.78 is 0. The van der Waals surface area contributed by atoms with E-state index in [4.69, 9.17) is 11.6 Å². The molecule has 0 aliphatic heterocycles. The molecule has 0 amide bonds. The summed E-state index contributed by atoms with van der Waals surface area (Å²) in [6.45, 7) is 2.14. The number of benzene rings is 1. The zero-order valence-electron chi connectivity index (χ0n) is 11.0. The monoisotopic (exact) mass is 272 g/mol. The van der Waals surface area contributed by atoms with Gasteiger partial charge in [0.15, 0.2) is 0 Å². The van der Waals surface area contributed by atoms with Crippen LogP contribution in [0.4, 0.5) is 0 Å². The molecule has 98 valence electrons. The lowest BCUT2D eigenvalue weighted by atomic mass is 9.92. The number of rotatable bonds is 5. The Balaban J connectivity index is 2.50. The van der Waals surface area contributed by atoms with Crippen molar-refractivity contribution in [2.24, 2.45) is 0 Å². The van der Waals surface area contributed by atoms with Crippen LogP contribution in [0, 0.1) is 0 Å². The third kappa shape index (κ3) is 3.20. The van der Waals surface area contributed by atoms with Crippen LogP contribution in [0.5, 0.6) is 5.75 Å². The van der Waals surface area contributed by atoms with Gasteiger partial charge in [-0.2, -0.15) is 0 Å². The molecule has 0 unspecified atom stereocenters. The Labute approximate surface area is 119 Å². The summed E-state index contributed by atoms with van der Waals surface area (Å²) in [7, 11) is 0. The Morgan fingerprint density at radius 2 is 1.95 bits per heavy atom. The van der Waals surface area contributed by atoms with Crippen LogP contribution in [-0.2, 0) is 0 Å². The number of alkyl halides is 1. The van der Waals surface area contributed by atoms with E-state index in [1.54, 1.807) is 12.1 Å². The molecule has 0 atom stereocenters. The molecule has 1 nitrogen and oxygen atoms in total. The largest absolute Gasteiger partial charge is 0.508 e. The van der Waals surface area contributed by atoms with Crippen molar-refractivity contribution in [2.75, 3.05) is 5.88 Å². The first kappa shape index (κ1) is 13.7. The number of halogens is 1. The maximum Gasteiger partial charge on any atom is 0.115 e. The molecule has 1 N–H and O–H groups in total. The van der Waals surface area contributed by atoms with Crippen LogP contribution in [0.3, 0.4) is 0 Å². The fourth-order valence-electron chi connectivity index (χ4n) is 2.32. The molecular formula is C17H17ClO. The Morgan fingerprint density at radius 1 is 1.21 bits per heavy atom. The standard InChI is InChI=1S/C17H17ClO/c1-2-16(14-7-9-15(19)10-8-14)17(11-12-18)13-5-3-4-6-13/h3-5,7-10,19H,2,11-12H2,1H3/b17-16-. The lowest BCUT2D eigenvalue weighted by Gasteiger charge is -2.13. The van der Waals surface area contributed by atoms with Gasteiger partial charge in [0, 0.05) is 11.5 Å². The van der Waals surface area contributed by atoms with Crippen LogP contribution in [0.15, 0.2) is 59.4 Å². The van der Waals surface area contributed by atoms with Crippen molar-refractivity contribution in [3.63, 3.8) is 0 Å². The number of allylic oxidation sites excluding steroid dienone is 5. The molecule has 19 heavy (non-hydrogen) atoms. The van der Waals surface area contributed by atoms with Gasteiger partial charge in [0.25, 0.3) is 0 Å². The van der Waals surface area contributed by atoms with Gasteiger partial charge < -0.3 is 5.11 Å². The third-order valence-electron chi connectivity index (χ3n) is 3.20. The maximum absolute atomic E-state index is 9.39. The maximum atomic E-state index is 9.39. The summed E-state index contributed by atoms with van der Waals surface area (Å²) >= 11 is 5.94. The second-order valence-electron chi connectivity index (χ2n) is 4.38. The summed E-state index contributed by atoms with van der Waals surface area (Å²) in [5.74, 6) is 0.883. The first-order valence-electron chi connectivity index (χ1n) is 6.47. The molecule has 0 radical (unpaired) electrons. The number of aromatic hydroxyl groups is 1. The summed E-state index contributed by atoms with van der Waals surface area (Å²) in [5, 5.41) is 9.39. The minimum atomic E-state index is 0.290. The van der Waals surface area contributed by atoms with Crippen molar-refractivity contribution in [1.29, 1.82) is 0 Å². The molecule has 0 bridgehead atoms. The van der Waals surface area contributed by atoms with Gasteiger partial charge >= 0.3 is 0 Å². The van der Waals surface area contributed by atoms with E-state index >= 15 is 0 Å². The summed E-state index contributed by atoms with van der Waals surface area (Å²) in [6, 6.07) is 7.34. The average Bonchev–Trinajstić information content (AvgIpc) is 2.94. The zero-order chi connectivity index (χ0) is 13.7. The normalized spacial score (nSPS) is 14.5. The van der Waals surface area contributed by atoms with Crippen LogP contribution >= 0.6 is 11.6 Å². The number of phenolic OH excluding ortho intramolecular Hbond substituents is 1. The number of phenols is 1. The highest BCUT2D eigenvalue weighted by atomic mass is 35.5. The predicted molar refractivity (Wildman–Crippen MR) is 81.4 cm³/mol. The van der Waals surface area contributed by atoms with Gasteiger partial charge in [0.2, 0.25) is 0 Å². The number of hydrogen-bond acceptors (Lipinski definition) is 1. The van der Waals surface area contributed by atoms with Gasteiger partial charge in [0.05, 0.1) is 0 Å². The molecule has 0 saturated heterocycles. The van der Waals surface area contributed by atoms with Gasteiger partial charge in [-0.25, -0.2) is 0 Å². The summed E-state index contributed by atoms with van der Waals surface area (Å²) in [5.41, 5.74) is 8.01. The van der Waals surface area contributed by atoms with Crippen molar-refractivity contribution < 1.29 is 5.11 Å². The molecule has 1 aromatic carbocycles. The number of hydrogen-bond donors (Lipinski definition) is 1. The van der Waals surface area contributed by atoms with E-state index in [9.17, 15) is 5.11 Å². The smallest absolute Gasteiger partial charge is 0.115 e. The lowest BCUT2D eigenvalue weighted by Crippen LogP contribution is -1.95. The van der Waals surface area contributed by atoms with Crippen LogP contribution in [0.2, 0.25) is 0 Å². The van der Waals surface area contributed by atoms with Crippen LogP contribution in [0.1, 0.15) is 25.3 Å². The highest BCUT2D eigenvalue weighted by molar-refractivity contribution is 6.18. The second-order valence-corrected chi connectivity index (χ2v) is 4.76. The van der Waals surface area contributed by atoms with Crippen LogP contribution in [0.25, 0.3) is 5.57 Å². The van der Waals surface area contributed by atoms with Crippen molar-refractivity contribution in [3.8, 4) is 5.75 Å². The van der Waals surface area contributed by atoms with E-state index in [1.165, 1.54) is 11.1 Å². The molecule has 0 spiro atoms. The molecule has 0 aromatic heterocycles. The first-order chi connectivity index (χ1) is 9.26. The molecular weight excluding hydrogens is 256 g/mol. The van der Waals surface area contributed by atoms with Crippen LogP contribution in [-0.4, -0.2) is 11.0 Å². The van der Waals surface area contributed by atoms with E-state index in [0.717, 1.165) is 24.0 Å². The Morgan fingerprint density at radius 3 is 2.47 bits per heavy atom. The molecule has 0 heterocycles. The summed E-state index contributed by atoms with van der Waals surface area (Å²) in [4.78, 5) is 0. The third-order valence-corrected chi connectivity index (χ3v) is 3.39. The Hall–Kier alpha value is -1.69. The molecule has 0 saturated carbocycles. The SMILES string of the molecule is CC/C(=C(\CCCl)C1=C=CC=C1)c1ccc(O)cc1. The summed E-state index contributed by atoms with van der Waals surface area (Å²) in [6.07, 6.45) is 7.74. The predicted octanol–water partition coefficient (Wildman–Crippen LogP) is 4.84. The van der Waals surface area contributed by atoms with Gasteiger partial charge in [0.1, 0.15) is 5.75 Å². The van der Waals surface area contributed by atoms with E-state index in [-0.39, 0.29) is 5.75 Å². The minimum absolute atomic E-state index is 0.290. The quantitative estimate of drug-likeness (QED) is 0.601. The fourth-order valence-corrected chi connectivity index (χ4v) is 2.50. The molecule has 1 aliphatic rings. The lowest BCUT2D eigenvalue weighted by molar-refractivity contribution is 0.475. The van der Waals surface area contributed by atoms with E-state index < -0.39 is 0 Å². The highest BCUT2D eigenvalue weighted by Crippen LogP contribution is 2.31. The van der Waals surface area contributed by atoms with Crippen molar-refractivity contribution in [2.45, 2.75) is 19.8 Å². The van der Waals surface area contributed by atoms with Gasteiger partial charge in [-0.1, -0.05) is 25.1 Å². The van der Waals surface area contributed by atoms with Crippen molar-refractivity contribution >= 4 is 17.2 Å². The molecule has 1 aliphatic carbocycles. The molecule has 2 rings (SSSR count). The van der Waals surface area contributed by atoms with Crippen molar-refractivity contribution in [1.82, 2.24) is 0 Å². The van der Waals surface area contributed by atoms with Gasteiger partial charge in [-0.05, 0) is 53.8 Å². The van der Waals surface area contributed by atoms with E-state index in [0.29, 0.717) is 5.88 Å². The molecule has 0 fully saturated rings. The topological polar surface area (TPSA) is 20.2 Å². The first-order valence-corrected chi connectivity index (χ1v) is 7.00. The van der Waals surface area contributed by atoms with Gasteiger partial charge in [-0.3, -0.25) is 0 Å². The molecule has 1 aromatic rings. The Bertz CT molecular complexity index is 570. The van der Waals surface area contributed by atoms with E-state index in [2.05, 4.69) is 18.7 Å². The minimum Gasteiger partial charge on any atom is -0.508 e. The average molecular weight is 273 g/mol. The molecule has 2 heteroatoms. The fraction of sp³-hybridized carbons (Fsp3) is 0.235. The Kier molecular flexibility index (Phi) is 4.68. The van der Waals surface area contributed by atoms with Crippen molar-refractivity contribution in [3.05, 3.63) is 64.9 Å².